The zero-order valence-corrected chi connectivity index (χ0v) is 17.8. The number of benzene rings is 1. The maximum Gasteiger partial charge on any atom is 0.321 e. The number of hydrogen-bond donors (Lipinski definition) is 2. The molecule has 0 saturated carbocycles. The average Bonchev–Trinajstić information content (AvgIpc) is 3.14. The van der Waals surface area contributed by atoms with E-state index in [9.17, 15) is 4.79 Å². The van der Waals surface area contributed by atoms with Crippen LogP contribution in [0.5, 0.6) is 0 Å². The number of aromatic nitrogens is 3. The highest BCUT2D eigenvalue weighted by Crippen LogP contribution is 2.23. The molecule has 0 aliphatic heterocycles. The number of halogens is 2. The third-order valence-electron chi connectivity index (χ3n) is 3.58. The molecule has 3 aromatic rings. The number of aryl methyl sites for hydroxylation is 1. The lowest BCUT2D eigenvalue weighted by Gasteiger charge is -2.06. The summed E-state index contributed by atoms with van der Waals surface area (Å²) in [6, 6.07) is 4.92. The summed E-state index contributed by atoms with van der Waals surface area (Å²) in [5.74, 6) is 1.71. The Morgan fingerprint density at radius 3 is 2.86 bits per heavy atom. The molecule has 3 rings (SSSR count). The number of nitrogens with one attached hydrogen (secondary N) is 2. The first-order valence-corrected chi connectivity index (χ1v) is 11.1. The average molecular weight is 454 g/mol. The second-order valence-corrected chi connectivity index (χ2v) is 8.48. The number of carbonyl (C=O) groups is 1. The summed E-state index contributed by atoms with van der Waals surface area (Å²) in [7, 11) is 0. The molecule has 2 aromatic heterocycles. The molecule has 2 heterocycles. The SMILES string of the molecule is O=C(NCc1ccc(Cl)c(Cl)c1)Nc1nc(CSCCc2cnccn2)cs1. The van der Waals surface area contributed by atoms with E-state index in [0.717, 1.165) is 34.9 Å². The molecule has 146 valence electrons. The van der Waals surface area contributed by atoms with Gasteiger partial charge in [0.15, 0.2) is 5.13 Å². The van der Waals surface area contributed by atoms with Crippen molar-refractivity contribution in [2.24, 2.45) is 0 Å². The number of thiazole rings is 1. The first-order valence-electron chi connectivity index (χ1n) is 8.36. The predicted octanol–water partition coefficient (Wildman–Crippen LogP) is 5.04. The van der Waals surface area contributed by atoms with Crippen molar-refractivity contribution in [3.8, 4) is 0 Å². The van der Waals surface area contributed by atoms with Crippen molar-refractivity contribution in [2.45, 2.75) is 18.7 Å². The van der Waals surface area contributed by atoms with E-state index in [1.807, 2.05) is 11.4 Å². The number of urea groups is 1. The van der Waals surface area contributed by atoms with Crippen LogP contribution in [0.4, 0.5) is 9.93 Å². The number of carbonyl (C=O) groups excluding carboxylic acids is 1. The van der Waals surface area contributed by atoms with Crippen molar-refractivity contribution in [1.29, 1.82) is 0 Å². The summed E-state index contributed by atoms with van der Waals surface area (Å²) in [6.45, 7) is 0.346. The van der Waals surface area contributed by atoms with Crippen LogP contribution in [0.3, 0.4) is 0 Å². The molecule has 10 heteroatoms. The molecule has 1 aromatic carbocycles. The largest absolute Gasteiger partial charge is 0.334 e. The minimum absolute atomic E-state index is 0.317. The van der Waals surface area contributed by atoms with Crippen molar-refractivity contribution >= 4 is 57.5 Å². The number of nitrogens with zero attached hydrogens (tertiary/aromatic N) is 3. The molecule has 0 radical (unpaired) electrons. The van der Waals surface area contributed by atoms with Gasteiger partial charge in [-0.05, 0) is 23.4 Å². The normalized spacial score (nSPS) is 10.6. The Balaban J connectivity index is 1.38. The van der Waals surface area contributed by atoms with Crippen molar-refractivity contribution in [3.63, 3.8) is 0 Å². The molecule has 0 unspecified atom stereocenters. The van der Waals surface area contributed by atoms with Gasteiger partial charge in [-0.15, -0.1) is 11.3 Å². The Morgan fingerprint density at radius 2 is 2.07 bits per heavy atom. The molecule has 0 atom stereocenters. The van der Waals surface area contributed by atoms with Crippen LogP contribution in [0.1, 0.15) is 17.0 Å². The van der Waals surface area contributed by atoms with E-state index in [1.165, 1.54) is 11.3 Å². The minimum atomic E-state index is -0.317. The Morgan fingerprint density at radius 1 is 1.18 bits per heavy atom. The first kappa shape index (κ1) is 20.9. The fraction of sp³-hybridized carbons (Fsp3) is 0.222. The Bertz CT molecular complexity index is 923. The van der Waals surface area contributed by atoms with Crippen LogP contribution in [0.15, 0.2) is 42.2 Å². The second-order valence-electron chi connectivity index (χ2n) is 5.70. The zero-order valence-electron chi connectivity index (χ0n) is 14.7. The van der Waals surface area contributed by atoms with Gasteiger partial charge in [0.05, 0.1) is 21.4 Å². The van der Waals surface area contributed by atoms with E-state index in [1.54, 1.807) is 42.5 Å². The molecule has 0 aliphatic rings. The van der Waals surface area contributed by atoms with Gasteiger partial charge in [0.2, 0.25) is 0 Å². The van der Waals surface area contributed by atoms with E-state index in [4.69, 9.17) is 23.2 Å². The van der Waals surface area contributed by atoms with Gasteiger partial charge in [0, 0.05) is 42.7 Å². The van der Waals surface area contributed by atoms with Gasteiger partial charge in [0.1, 0.15) is 0 Å². The number of rotatable bonds is 8. The van der Waals surface area contributed by atoms with Crippen LogP contribution < -0.4 is 10.6 Å². The smallest absolute Gasteiger partial charge is 0.321 e. The Kier molecular flexibility index (Phi) is 7.90. The van der Waals surface area contributed by atoms with E-state index >= 15 is 0 Å². The van der Waals surface area contributed by atoms with Gasteiger partial charge >= 0.3 is 6.03 Å². The molecule has 0 bridgehead atoms. The maximum atomic E-state index is 12.0. The lowest BCUT2D eigenvalue weighted by molar-refractivity contribution is 0.251. The molecular formula is C18H17Cl2N5OS2. The van der Waals surface area contributed by atoms with Crippen LogP contribution in [-0.4, -0.2) is 26.7 Å². The molecule has 0 spiro atoms. The van der Waals surface area contributed by atoms with Gasteiger partial charge in [0.25, 0.3) is 0 Å². The minimum Gasteiger partial charge on any atom is -0.334 e. The number of thioether (sulfide) groups is 1. The molecule has 2 amide bonds. The number of hydrogen-bond acceptors (Lipinski definition) is 6. The number of anilines is 1. The van der Waals surface area contributed by atoms with E-state index in [0.29, 0.717) is 21.7 Å². The number of amides is 2. The fourth-order valence-electron chi connectivity index (χ4n) is 2.22. The van der Waals surface area contributed by atoms with Gasteiger partial charge in [-0.1, -0.05) is 29.3 Å². The van der Waals surface area contributed by atoms with Crippen molar-refractivity contribution in [2.75, 3.05) is 11.1 Å². The highest BCUT2D eigenvalue weighted by atomic mass is 35.5. The highest BCUT2D eigenvalue weighted by molar-refractivity contribution is 7.98. The zero-order chi connectivity index (χ0) is 19.8. The van der Waals surface area contributed by atoms with Crippen LogP contribution in [0.2, 0.25) is 10.0 Å². The molecule has 6 nitrogen and oxygen atoms in total. The summed E-state index contributed by atoms with van der Waals surface area (Å²) in [5, 5.41) is 8.98. The van der Waals surface area contributed by atoms with Gasteiger partial charge in [-0.3, -0.25) is 15.3 Å². The summed E-state index contributed by atoms with van der Waals surface area (Å²) >= 11 is 15.0. The first-order chi connectivity index (χ1) is 13.6. The molecule has 28 heavy (non-hydrogen) atoms. The van der Waals surface area contributed by atoms with Crippen LogP contribution >= 0.6 is 46.3 Å². The molecule has 0 saturated heterocycles. The monoisotopic (exact) mass is 453 g/mol. The Hall–Kier alpha value is -1.87. The van der Waals surface area contributed by atoms with E-state index in [-0.39, 0.29) is 6.03 Å². The topological polar surface area (TPSA) is 79.8 Å². The summed E-state index contributed by atoms with van der Waals surface area (Å²) in [6.07, 6.45) is 6.01. The van der Waals surface area contributed by atoms with Crippen molar-refractivity contribution in [3.05, 3.63) is 69.2 Å². The standard InChI is InChI=1S/C18H17Cl2N5OS2/c19-15-2-1-12(7-16(15)20)8-23-17(26)25-18-24-14(11-28-18)10-27-6-3-13-9-21-4-5-22-13/h1-2,4-5,7,9,11H,3,6,8,10H2,(H2,23,24,25,26). The molecule has 2 N–H and O–H groups in total. The van der Waals surface area contributed by atoms with Gasteiger partial charge in [-0.2, -0.15) is 11.8 Å². The molecular weight excluding hydrogens is 437 g/mol. The lowest BCUT2D eigenvalue weighted by atomic mass is 10.2. The lowest BCUT2D eigenvalue weighted by Crippen LogP contribution is -2.28. The summed E-state index contributed by atoms with van der Waals surface area (Å²) in [4.78, 5) is 24.8. The molecule has 0 aliphatic carbocycles. The van der Waals surface area contributed by atoms with Gasteiger partial charge in [-0.25, -0.2) is 9.78 Å². The van der Waals surface area contributed by atoms with E-state index < -0.39 is 0 Å². The fourth-order valence-corrected chi connectivity index (χ4v) is 4.20. The molecule has 0 fully saturated rings. The van der Waals surface area contributed by atoms with Gasteiger partial charge < -0.3 is 5.32 Å². The van der Waals surface area contributed by atoms with Crippen molar-refractivity contribution in [1.82, 2.24) is 20.3 Å². The van der Waals surface area contributed by atoms with E-state index in [2.05, 4.69) is 25.6 Å². The third kappa shape index (κ3) is 6.63. The van der Waals surface area contributed by atoms with Crippen LogP contribution in [0, 0.1) is 0 Å². The quantitative estimate of drug-likeness (QED) is 0.467. The van der Waals surface area contributed by atoms with Crippen LogP contribution in [-0.2, 0) is 18.7 Å². The third-order valence-corrected chi connectivity index (χ3v) is 6.12. The highest BCUT2D eigenvalue weighted by Gasteiger charge is 2.07. The summed E-state index contributed by atoms with van der Waals surface area (Å²) < 4.78 is 0. The maximum absolute atomic E-state index is 12.0. The predicted molar refractivity (Wildman–Crippen MR) is 116 cm³/mol. The summed E-state index contributed by atoms with van der Waals surface area (Å²) in [5.41, 5.74) is 2.78. The second kappa shape index (κ2) is 10.6. The Labute approximate surface area is 181 Å². The van der Waals surface area contributed by atoms with Crippen LogP contribution in [0.25, 0.3) is 0 Å². The van der Waals surface area contributed by atoms with Crippen molar-refractivity contribution < 1.29 is 4.79 Å².